The molecular weight excluding hydrogens is 280 g/mol. The zero-order chi connectivity index (χ0) is 15.9. The van der Waals surface area contributed by atoms with Crippen molar-refractivity contribution in [2.24, 2.45) is 0 Å². The number of nitrogens with two attached hydrogens (primary N) is 1. The van der Waals surface area contributed by atoms with Gasteiger partial charge in [-0.3, -0.25) is 4.79 Å². The average Bonchev–Trinajstić information content (AvgIpc) is 2.55. The van der Waals surface area contributed by atoms with Gasteiger partial charge in [0.25, 0.3) is 0 Å². The van der Waals surface area contributed by atoms with Gasteiger partial charge < -0.3 is 20.8 Å². The fraction of sp³-hybridized carbons (Fsp3) is 0.235. The number of aliphatic hydroxyl groups excluding tert-OH is 2. The molecule has 0 bridgehead atoms. The van der Waals surface area contributed by atoms with Gasteiger partial charge in [0, 0.05) is 35.6 Å². The van der Waals surface area contributed by atoms with Gasteiger partial charge in [-0.15, -0.1) is 0 Å². The summed E-state index contributed by atoms with van der Waals surface area (Å²) in [4.78, 5) is 14.2. The molecule has 0 heterocycles. The van der Waals surface area contributed by atoms with Gasteiger partial charge in [0.2, 0.25) is 0 Å². The van der Waals surface area contributed by atoms with E-state index in [2.05, 4.69) is 0 Å². The first-order valence-electron chi connectivity index (χ1n) is 7.12. The van der Waals surface area contributed by atoms with Crippen molar-refractivity contribution in [3.05, 3.63) is 59.7 Å². The number of ketones is 1. The van der Waals surface area contributed by atoms with E-state index >= 15 is 0 Å². The molecule has 22 heavy (non-hydrogen) atoms. The number of aliphatic hydroxyl groups is 2. The molecule has 5 heteroatoms. The van der Waals surface area contributed by atoms with Crippen LogP contribution >= 0.6 is 0 Å². The number of benzene rings is 2. The Balaban J connectivity index is 2.17. The number of nitrogen functional groups attached to an aromatic ring is 1. The quantitative estimate of drug-likeness (QED) is 0.530. The van der Waals surface area contributed by atoms with Crippen LogP contribution in [0.1, 0.15) is 15.9 Å². The highest BCUT2D eigenvalue weighted by molar-refractivity contribution is 6.09. The minimum atomic E-state index is -0.0672. The first-order chi connectivity index (χ1) is 10.7. The summed E-state index contributed by atoms with van der Waals surface area (Å²) in [6.45, 7) is 0.885. The predicted molar refractivity (Wildman–Crippen MR) is 87.1 cm³/mol. The van der Waals surface area contributed by atoms with E-state index in [9.17, 15) is 4.79 Å². The zero-order valence-electron chi connectivity index (χ0n) is 12.3. The second-order valence-electron chi connectivity index (χ2n) is 4.93. The summed E-state index contributed by atoms with van der Waals surface area (Å²) in [5, 5.41) is 18.1. The van der Waals surface area contributed by atoms with Gasteiger partial charge >= 0.3 is 0 Å². The smallest absolute Gasteiger partial charge is 0.193 e. The van der Waals surface area contributed by atoms with E-state index in [1.54, 1.807) is 36.4 Å². The van der Waals surface area contributed by atoms with E-state index in [4.69, 9.17) is 15.9 Å². The predicted octanol–water partition coefficient (Wildman–Crippen LogP) is 1.29. The van der Waals surface area contributed by atoms with Crippen LogP contribution in [-0.4, -0.2) is 42.3 Å². The summed E-state index contributed by atoms with van der Waals surface area (Å²) in [7, 11) is 0. The minimum Gasteiger partial charge on any atom is -0.399 e. The van der Waals surface area contributed by atoms with Gasteiger partial charge in [-0.1, -0.05) is 0 Å². The molecule has 0 aliphatic heterocycles. The normalized spacial score (nSPS) is 10.5. The third-order valence-corrected chi connectivity index (χ3v) is 3.41. The van der Waals surface area contributed by atoms with Crippen LogP contribution < -0.4 is 10.6 Å². The van der Waals surface area contributed by atoms with Gasteiger partial charge in [0.1, 0.15) is 0 Å². The summed E-state index contributed by atoms with van der Waals surface area (Å²) < 4.78 is 0. The van der Waals surface area contributed by atoms with Gasteiger partial charge in [-0.2, -0.15) is 0 Å². The number of hydrogen-bond donors (Lipinski definition) is 3. The highest BCUT2D eigenvalue weighted by atomic mass is 16.3. The molecule has 4 N–H and O–H groups in total. The van der Waals surface area contributed by atoms with E-state index in [1.165, 1.54) is 0 Å². The molecular formula is C17H20N2O3. The number of hydrogen-bond acceptors (Lipinski definition) is 5. The van der Waals surface area contributed by atoms with Crippen molar-refractivity contribution in [2.75, 3.05) is 36.9 Å². The Morgan fingerprint density at radius 3 is 1.77 bits per heavy atom. The standard InChI is InChI=1S/C17H20N2O3/c18-15-5-1-13(2-6-15)17(22)14-3-7-16(8-4-14)19(9-11-20)10-12-21/h1-8,20-21H,9-12,18H2. The second kappa shape index (κ2) is 7.59. The molecule has 2 aromatic carbocycles. The number of carbonyl (C=O) groups excluding carboxylic acids is 1. The number of carbonyl (C=O) groups is 1. The molecule has 0 spiro atoms. The summed E-state index contributed by atoms with van der Waals surface area (Å²) in [5.41, 5.74) is 8.27. The van der Waals surface area contributed by atoms with Crippen LogP contribution in [0.2, 0.25) is 0 Å². The van der Waals surface area contributed by atoms with Gasteiger partial charge in [-0.25, -0.2) is 0 Å². The molecule has 0 saturated carbocycles. The monoisotopic (exact) mass is 300 g/mol. The van der Waals surface area contributed by atoms with E-state index in [0.29, 0.717) is 29.9 Å². The fourth-order valence-electron chi connectivity index (χ4n) is 2.24. The van der Waals surface area contributed by atoms with Crippen molar-refractivity contribution in [3.63, 3.8) is 0 Å². The summed E-state index contributed by atoms with van der Waals surface area (Å²) in [5.74, 6) is -0.0672. The third kappa shape index (κ3) is 3.84. The highest BCUT2D eigenvalue weighted by Gasteiger charge is 2.10. The zero-order valence-corrected chi connectivity index (χ0v) is 12.3. The van der Waals surface area contributed by atoms with Crippen molar-refractivity contribution >= 4 is 17.2 Å². The fourth-order valence-corrected chi connectivity index (χ4v) is 2.24. The molecule has 0 fully saturated rings. The molecule has 5 nitrogen and oxygen atoms in total. The lowest BCUT2D eigenvalue weighted by atomic mass is 10.0. The summed E-state index contributed by atoms with van der Waals surface area (Å²) in [6, 6.07) is 13.9. The van der Waals surface area contributed by atoms with Crippen LogP contribution in [0.4, 0.5) is 11.4 Å². The Morgan fingerprint density at radius 2 is 1.32 bits per heavy atom. The van der Waals surface area contributed by atoms with Crippen LogP contribution in [0.25, 0.3) is 0 Å². The van der Waals surface area contributed by atoms with Gasteiger partial charge in [0.15, 0.2) is 5.78 Å². The van der Waals surface area contributed by atoms with Crippen molar-refractivity contribution in [1.82, 2.24) is 0 Å². The summed E-state index contributed by atoms with van der Waals surface area (Å²) >= 11 is 0. The van der Waals surface area contributed by atoms with E-state index in [0.717, 1.165) is 5.69 Å². The molecule has 0 saturated heterocycles. The van der Waals surface area contributed by atoms with Crippen LogP contribution in [0, 0.1) is 0 Å². The summed E-state index contributed by atoms with van der Waals surface area (Å²) in [6.07, 6.45) is 0. The SMILES string of the molecule is Nc1ccc(C(=O)c2ccc(N(CCO)CCO)cc2)cc1. The Bertz CT molecular complexity index is 603. The molecule has 0 aliphatic rings. The van der Waals surface area contributed by atoms with Gasteiger partial charge in [-0.05, 0) is 48.5 Å². The maximum absolute atomic E-state index is 12.4. The first-order valence-corrected chi connectivity index (χ1v) is 7.12. The maximum atomic E-state index is 12.4. The Labute approximate surface area is 129 Å². The number of rotatable bonds is 7. The first kappa shape index (κ1) is 16.0. The van der Waals surface area contributed by atoms with Crippen molar-refractivity contribution in [1.29, 1.82) is 0 Å². The topological polar surface area (TPSA) is 86.8 Å². The Morgan fingerprint density at radius 1 is 0.864 bits per heavy atom. The molecule has 2 aromatic rings. The highest BCUT2D eigenvalue weighted by Crippen LogP contribution is 2.18. The lowest BCUT2D eigenvalue weighted by Crippen LogP contribution is -2.29. The van der Waals surface area contributed by atoms with Crippen LogP contribution in [-0.2, 0) is 0 Å². The van der Waals surface area contributed by atoms with Crippen LogP contribution in [0.15, 0.2) is 48.5 Å². The molecule has 0 amide bonds. The van der Waals surface area contributed by atoms with Crippen LogP contribution in [0.3, 0.4) is 0 Å². The van der Waals surface area contributed by atoms with Crippen molar-refractivity contribution < 1.29 is 15.0 Å². The lowest BCUT2D eigenvalue weighted by molar-refractivity contribution is 0.103. The lowest BCUT2D eigenvalue weighted by Gasteiger charge is -2.23. The average molecular weight is 300 g/mol. The second-order valence-corrected chi connectivity index (χ2v) is 4.93. The maximum Gasteiger partial charge on any atom is 0.193 e. The molecule has 2 rings (SSSR count). The van der Waals surface area contributed by atoms with Gasteiger partial charge in [0.05, 0.1) is 13.2 Å². The van der Waals surface area contributed by atoms with Crippen molar-refractivity contribution in [3.8, 4) is 0 Å². The minimum absolute atomic E-state index is 0.00607. The Hall–Kier alpha value is -2.37. The molecule has 0 radical (unpaired) electrons. The van der Waals surface area contributed by atoms with E-state index in [-0.39, 0.29) is 19.0 Å². The number of nitrogens with zero attached hydrogens (tertiary/aromatic N) is 1. The molecule has 0 aliphatic carbocycles. The molecule has 0 atom stereocenters. The van der Waals surface area contributed by atoms with E-state index in [1.807, 2.05) is 17.0 Å². The number of anilines is 2. The van der Waals surface area contributed by atoms with E-state index < -0.39 is 0 Å². The molecule has 116 valence electrons. The Kier molecular flexibility index (Phi) is 5.52. The van der Waals surface area contributed by atoms with Crippen molar-refractivity contribution in [2.45, 2.75) is 0 Å². The van der Waals surface area contributed by atoms with Crippen LogP contribution in [0.5, 0.6) is 0 Å². The largest absolute Gasteiger partial charge is 0.399 e. The molecule has 0 unspecified atom stereocenters. The molecule has 0 aromatic heterocycles. The third-order valence-electron chi connectivity index (χ3n) is 3.41.